The molecule has 4 N–H and O–H groups in total. The van der Waals surface area contributed by atoms with Gasteiger partial charge in [0.05, 0.1) is 6.42 Å². The second-order valence-corrected chi connectivity index (χ2v) is 4.85. The van der Waals surface area contributed by atoms with Gasteiger partial charge >= 0.3 is 17.9 Å². The Morgan fingerprint density at radius 1 is 0.960 bits per heavy atom. The van der Waals surface area contributed by atoms with Crippen molar-refractivity contribution in [1.29, 1.82) is 0 Å². The van der Waals surface area contributed by atoms with Gasteiger partial charge in [0.1, 0.15) is 6.61 Å². The van der Waals surface area contributed by atoms with Gasteiger partial charge in [-0.15, -0.1) is 0 Å². The monoisotopic (exact) mass is 345 g/mol. The van der Waals surface area contributed by atoms with Gasteiger partial charge in [-0.05, 0) is 16.3 Å². The van der Waals surface area contributed by atoms with E-state index in [-0.39, 0.29) is 12.4 Å². The van der Waals surface area contributed by atoms with Crippen LogP contribution < -0.4 is 5.73 Å². The number of hydrogen-bond acceptors (Lipinski definition) is 5. The average molecular weight is 345 g/mol. The number of ether oxygens (including phenoxy) is 1. The van der Waals surface area contributed by atoms with Gasteiger partial charge < -0.3 is 20.7 Å². The number of carboxylic acid groups (broad SMARTS) is 2. The summed E-state index contributed by atoms with van der Waals surface area (Å²) >= 11 is 0. The Hall–Kier alpha value is -3.19. The molecule has 0 aliphatic heterocycles. The lowest BCUT2D eigenvalue weighted by atomic mass is 10.1. The Kier molecular flexibility index (Phi) is 8.39. The lowest BCUT2D eigenvalue weighted by molar-refractivity contribution is -0.144. The molecule has 0 aliphatic rings. The SMILES string of the molecule is NCCC(=O)OCc1cccc2ccccc12.O=C(O)C=CC(=O)O. The van der Waals surface area contributed by atoms with Gasteiger partial charge in [-0.3, -0.25) is 4.79 Å². The van der Waals surface area contributed by atoms with E-state index in [1.165, 1.54) is 0 Å². The number of benzene rings is 2. The Labute approximate surface area is 144 Å². The fraction of sp³-hybridized carbons (Fsp3) is 0.167. The number of nitrogens with two attached hydrogens (primary N) is 1. The molecule has 0 bridgehead atoms. The smallest absolute Gasteiger partial charge is 0.328 e. The lowest BCUT2D eigenvalue weighted by Crippen LogP contribution is -2.11. The molecule has 0 spiro atoms. The normalized spacial score (nSPS) is 10.1. The van der Waals surface area contributed by atoms with Gasteiger partial charge in [0.25, 0.3) is 0 Å². The fourth-order valence-corrected chi connectivity index (χ4v) is 1.91. The highest BCUT2D eigenvalue weighted by atomic mass is 16.5. The molecule has 0 unspecified atom stereocenters. The summed E-state index contributed by atoms with van der Waals surface area (Å²) in [7, 11) is 0. The molecule has 2 aromatic rings. The molecular weight excluding hydrogens is 326 g/mol. The Morgan fingerprint density at radius 2 is 1.56 bits per heavy atom. The van der Waals surface area contributed by atoms with Crippen LogP contribution in [0.2, 0.25) is 0 Å². The van der Waals surface area contributed by atoms with Gasteiger partial charge in [-0.25, -0.2) is 9.59 Å². The first-order chi connectivity index (χ1) is 11.9. The number of hydrogen-bond donors (Lipinski definition) is 3. The Bertz CT molecular complexity index is 748. The minimum absolute atomic E-state index is 0.250. The minimum atomic E-state index is -1.26. The summed E-state index contributed by atoms with van der Waals surface area (Å²) in [5, 5.41) is 17.9. The molecule has 7 heteroatoms. The third kappa shape index (κ3) is 7.76. The number of rotatable bonds is 6. The number of carboxylic acids is 2. The molecule has 2 aromatic carbocycles. The van der Waals surface area contributed by atoms with Crippen LogP contribution in [0.5, 0.6) is 0 Å². The predicted octanol–water partition coefficient (Wildman–Crippen LogP) is 1.94. The first-order valence-corrected chi connectivity index (χ1v) is 7.40. The summed E-state index contributed by atoms with van der Waals surface area (Å²) in [6.45, 7) is 0.633. The minimum Gasteiger partial charge on any atom is -0.478 e. The van der Waals surface area contributed by atoms with E-state index in [0.29, 0.717) is 25.3 Å². The van der Waals surface area contributed by atoms with E-state index in [2.05, 4.69) is 0 Å². The van der Waals surface area contributed by atoms with E-state index < -0.39 is 11.9 Å². The molecule has 25 heavy (non-hydrogen) atoms. The molecule has 0 aromatic heterocycles. The van der Waals surface area contributed by atoms with Crippen LogP contribution in [-0.2, 0) is 25.7 Å². The summed E-state index contributed by atoms with van der Waals surface area (Å²) in [5.74, 6) is -2.76. The van der Waals surface area contributed by atoms with Crippen LogP contribution in [0, 0.1) is 0 Å². The van der Waals surface area contributed by atoms with Crippen molar-refractivity contribution in [3.05, 3.63) is 60.2 Å². The average Bonchev–Trinajstić information content (AvgIpc) is 2.59. The first-order valence-electron chi connectivity index (χ1n) is 7.40. The molecular formula is C18H19NO6. The molecule has 132 valence electrons. The van der Waals surface area contributed by atoms with Gasteiger partial charge in [-0.1, -0.05) is 42.5 Å². The van der Waals surface area contributed by atoms with E-state index in [1.807, 2.05) is 42.5 Å². The van der Waals surface area contributed by atoms with Gasteiger partial charge in [0.15, 0.2) is 0 Å². The summed E-state index contributed by atoms with van der Waals surface area (Å²) in [4.78, 5) is 30.4. The molecule has 0 radical (unpaired) electrons. The second-order valence-electron chi connectivity index (χ2n) is 4.85. The zero-order valence-electron chi connectivity index (χ0n) is 13.4. The lowest BCUT2D eigenvalue weighted by Gasteiger charge is -2.07. The zero-order chi connectivity index (χ0) is 18.7. The molecule has 0 fully saturated rings. The molecule has 0 heterocycles. The summed E-state index contributed by atoms with van der Waals surface area (Å²) in [5.41, 5.74) is 6.31. The van der Waals surface area contributed by atoms with E-state index in [1.54, 1.807) is 0 Å². The van der Waals surface area contributed by atoms with E-state index >= 15 is 0 Å². The van der Waals surface area contributed by atoms with Crippen LogP contribution in [0.4, 0.5) is 0 Å². The van der Waals surface area contributed by atoms with Crippen LogP contribution in [-0.4, -0.2) is 34.7 Å². The van der Waals surface area contributed by atoms with Crippen molar-refractivity contribution in [3.8, 4) is 0 Å². The highest BCUT2D eigenvalue weighted by Crippen LogP contribution is 2.19. The van der Waals surface area contributed by atoms with E-state index in [4.69, 9.17) is 20.7 Å². The van der Waals surface area contributed by atoms with Crippen molar-refractivity contribution >= 4 is 28.7 Å². The van der Waals surface area contributed by atoms with Crippen molar-refractivity contribution in [2.75, 3.05) is 6.54 Å². The van der Waals surface area contributed by atoms with Crippen molar-refractivity contribution < 1.29 is 29.3 Å². The summed E-state index contributed by atoms with van der Waals surface area (Å²) < 4.78 is 5.16. The maximum Gasteiger partial charge on any atom is 0.328 e. The second kappa shape index (κ2) is 10.6. The number of esters is 1. The summed E-state index contributed by atoms with van der Waals surface area (Å²) in [6.07, 6.45) is 1.38. The molecule has 0 aliphatic carbocycles. The van der Waals surface area contributed by atoms with Crippen LogP contribution in [0.15, 0.2) is 54.6 Å². The van der Waals surface area contributed by atoms with Gasteiger partial charge in [0, 0.05) is 18.7 Å². The van der Waals surface area contributed by atoms with Crippen molar-refractivity contribution in [1.82, 2.24) is 0 Å². The number of fused-ring (bicyclic) bond motifs is 1. The van der Waals surface area contributed by atoms with Crippen LogP contribution in [0.1, 0.15) is 12.0 Å². The highest BCUT2D eigenvalue weighted by Gasteiger charge is 2.04. The Balaban J connectivity index is 0.000000333. The number of carbonyl (C=O) groups is 3. The number of aliphatic carboxylic acids is 2. The zero-order valence-corrected chi connectivity index (χ0v) is 13.4. The third-order valence-corrected chi connectivity index (χ3v) is 2.99. The quantitative estimate of drug-likeness (QED) is 0.539. The van der Waals surface area contributed by atoms with Crippen LogP contribution in [0.25, 0.3) is 10.8 Å². The van der Waals surface area contributed by atoms with Crippen LogP contribution >= 0.6 is 0 Å². The Morgan fingerprint density at radius 3 is 2.16 bits per heavy atom. The maximum absolute atomic E-state index is 11.3. The van der Waals surface area contributed by atoms with Gasteiger partial charge in [0.2, 0.25) is 0 Å². The molecule has 7 nitrogen and oxygen atoms in total. The highest BCUT2D eigenvalue weighted by molar-refractivity contribution is 5.89. The maximum atomic E-state index is 11.3. The molecule has 0 saturated carbocycles. The fourth-order valence-electron chi connectivity index (χ4n) is 1.91. The third-order valence-electron chi connectivity index (χ3n) is 2.99. The van der Waals surface area contributed by atoms with Crippen molar-refractivity contribution in [2.45, 2.75) is 13.0 Å². The molecule has 0 amide bonds. The number of carbonyl (C=O) groups excluding carboxylic acids is 1. The van der Waals surface area contributed by atoms with Gasteiger partial charge in [-0.2, -0.15) is 0 Å². The van der Waals surface area contributed by atoms with E-state index in [9.17, 15) is 14.4 Å². The van der Waals surface area contributed by atoms with Crippen molar-refractivity contribution in [3.63, 3.8) is 0 Å². The molecule has 2 rings (SSSR count). The van der Waals surface area contributed by atoms with Crippen molar-refractivity contribution in [2.24, 2.45) is 5.73 Å². The van der Waals surface area contributed by atoms with Crippen LogP contribution in [0.3, 0.4) is 0 Å². The molecule has 0 atom stereocenters. The standard InChI is InChI=1S/C14H15NO2.C4H4O4/c15-9-8-14(16)17-10-12-6-3-5-11-4-1-2-7-13(11)12;5-3(6)1-2-4(7)8/h1-7H,8-10,15H2;1-2H,(H,5,6)(H,7,8). The first kappa shape index (κ1) is 19.9. The summed E-state index contributed by atoms with van der Waals surface area (Å²) in [6, 6.07) is 14.0. The largest absolute Gasteiger partial charge is 0.478 e. The topological polar surface area (TPSA) is 127 Å². The van der Waals surface area contributed by atoms with E-state index in [0.717, 1.165) is 16.3 Å². The predicted molar refractivity (Wildman–Crippen MR) is 91.8 cm³/mol. The molecule has 0 saturated heterocycles.